The van der Waals surface area contributed by atoms with Crippen molar-refractivity contribution in [2.24, 2.45) is 10.8 Å². The van der Waals surface area contributed by atoms with E-state index in [0.29, 0.717) is 0 Å². The molecule has 0 bridgehead atoms. The fourth-order valence-electron chi connectivity index (χ4n) is 1.20. The molecule has 0 fully saturated rings. The molecule has 102 valence electrons. The van der Waals surface area contributed by atoms with E-state index in [4.69, 9.17) is 21.5 Å². The molecule has 0 aliphatic heterocycles. The fraction of sp³-hybridized carbons (Fsp3) is 0. The molecule has 10 heteroatoms. The third-order valence-corrected chi connectivity index (χ3v) is 2.08. The quantitative estimate of drug-likeness (QED) is 0.262. The minimum atomic E-state index is -1.48. The minimum absolute atomic E-state index is 0.0991. The molecule has 1 rings (SSSR count). The average Bonchev–Trinajstić information content (AvgIpc) is 2.38. The first-order valence-corrected chi connectivity index (χ1v) is 4.96. The van der Waals surface area contributed by atoms with E-state index in [2.05, 4.69) is 10.5 Å². The van der Waals surface area contributed by atoms with Gasteiger partial charge in [-0.2, -0.15) is 10.4 Å². The summed E-state index contributed by atoms with van der Waals surface area (Å²) < 4.78 is 0. The van der Waals surface area contributed by atoms with E-state index in [1.54, 1.807) is 6.07 Å². The summed E-state index contributed by atoms with van der Waals surface area (Å²) in [5, 5.41) is 38.6. The third kappa shape index (κ3) is 3.26. The summed E-state index contributed by atoms with van der Waals surface area (Å²) in [6, 6.07) is 4.74. The Kier molecular flexibility index (Phi) is 4.31. The number of carboxylic acids is 1. The zero-order valence-corrected chi connectivity index (χ0v) is 9.82. The second-order valence-corrected chi connectivity index (χ2v) is 3.39. The molecule has 0 spiro atoms. The standard InChI is InChI=1S/C10H8N6O4/c11-4-7(9(12)13)15-14-5-1-2-8(16(19)20)6(3-5)10(17)18/h1-3,14H,(H3,12,13)(H,17,18)/b15-7+. The number of nitro groups is 1. The third-order valence-electron chi connectivity index (χ3n) is 2.08. The van der Waals surface area contributed by atoms with Gasteiger partial charge in [0, 0.05) is 6.07 Å². The zero-order valence-electron chi connectivity index (χ0n) is 9.82. The number of amidine groups is 1. The number of nitrogens with one attached hydrogen (secondary N) is 2. The summed E-state index contributed by atoms with van der Waals surface area (Å²) in [5.41, 5.74) is 5.95. The molecule has 1 aromatic carbocycles. The van der Waals surface area contributed by atoms with Gasteiger partial charge in [-0.05, 0) is 12.1 Å². The second kappa shape index (κ2) is 5.91. The van der Waals surface area contributed by atoms with Gasteiger partial charge < -0.3 is 10.8 Å². The van der Waals surface area contributed by atoms with Crippen molar-refractivity contribution in [3.63, 3.8) is 0 Å². The van der Waals surface area contributed by atoms with E-state index in [1.807, 2.05) is 0 Å². The van der Waals surface area contributed by atoms with Crippen LogP contribution >= 0.6 is 0 Å². The molecule has 0 atom stereocenters. The van der Waals surface area contributed by atoms with E-state index < -0.39 is 33.7 Å². The van der Waals surface area contributed by atoms with Gasteiger partial charge in [0.1, 0.15) is 11.6 Å². The number of hydrazone groups is 1. The van der Waals surface area contributed by atoms with Gasteiger partial charge in [-0.25, -0.2) is 4.79 Å². The van der Waals surface area contributed by atoms with Crippen LogP contribution in [0.3, 0.4) is 0 Å². The van der Waals surface area contributed by atoms with Crippen LogP contribution < -0.4 is 11.2 Å². The van der Waals surface area contributed by atoms with Gasteiger partial charge in [0.2, 0.25) is 5.71 Å². The first-order valence-electron chi connectivity index (χ1n) is 4.96. The highest BCUT2D eigenvalue weighted by Crippen LogP contribution is 2.22. The Balaban J connectivity index is 3.14. The summed E-state index contributed by atoms with van der Waals surface area (Å²) in [6.45, 7) is 0. The topological polar surface area (TPSA) is 178 Å². The van der Waals surface area contributed by atoms with Crippen LogP contribution in [0, 0.1) is 26.9 Å². The van der Waals surface area contributed by atoms with Crippen LogP contribution in [-0.4, -0.2) is 27.5 Å². The summed E-state index contributed by atoms with van der Waals surface area (Å²) in [6.07, 6.45) is 0. The van der Waals surface area contributed by atoms with Gasteiger partial charge in [0.05, 0.1) is 10.6 Å². The van der Waals surface area contributed by atoms with Crippen LogP contribution in [0.2, 0.25) is 0 Å². The lowest BCUT2D eigenvalue weighted by Crippen LogP contribution is -2.21. The van der Waals surface area contributed by atoms with Crippen LogP contribution in [0.25, 0.3) is 0 Å². The first-order chi connectivity index (χ1) is 9.36. The van der Waals surface area contributed by atoms with Crippen molar-refractivity contribution in [2.45, 2.75) is 0 Å². The van der Waals surface area contributed by atoms with Gasteiger partial charge in [-0.1, -0.05) is 0 Å². The monoisotopic (exact) mass is 276 g/mol. The number of rotatable bonds is 5. The smallest absolute Gasteiger partial charge is 0.342 e. The maximum atomic E-state index is 10.9. The molecule has 0 saturated carbocycles. The van der Waals surface area contributed by atoms with Gasteiger partial charge in [0.15, 0.2) is 5.84 Å². The number of hydrogen-bond acceptors (Lipinski definition) is 7. The van der Waals surface area contributed by atoms with E-state index in [1.165, 1.54) is 6.07 Å². The van der Waals surface area contributed by atoms with E-state index in [0.717, 1.165) is 12.1 Å². The zero-order chi connectivity index (χ0) is 15.3. The lowest BCUT2D eigenvalue weighted by molar-refractivity contribution is -0.385. The Morgan fingerprint density at radius 3 is 2.70 bits per heavy atom. The number of nitrogens with zero attached hydrogens (tertiary/aromatic N) is 3. The molecule has 0 aliphatic carbocycles. The summed E-state index contributed by atoms with van der Waals surface area (Å²) >= 11 is 0. The molecule has 10 nitrogen and oxygen atoms in total. The van der Waals surface area contributed by atoms with Crippen molar-refractivity contribution in [2.75, 3.05) is 5.43 Å². The van der Waals surface area contributed by atoms with Crippen molar-refractivity contribution in [3.8, 4) is 6.07 Å². The number of anilines is 1. The Morgan fingerprint density at radius 1 is 1.60 bits per heavy atom. The van der Waals surface area contributed by atoms with Gasteiger partial charge in [-0.3, -0.25) is 20.9 Å². The summed E-state index contributed by atoms with van der Waals surface area (Å²) in [5.74, 6) is -2.04. The molecule has 0 aliphatic rings. The fourth-order valence-corrected chi connectivity index (χ4v) is 1.20. The molecule has 0 radical (unpaired) electrons. The van der Waals surface area contributed by atoms with Crippen LogP contribution in [0.15, 0.2) is 23.3 Å². The van der Waals surface area contributed by atoms with Crippen molar-refractivity contribution >= 4 is 28.9 Å². The second-order valence-electron chi connectivity index (χ2n) is 3.39. The largest absolute Gasteiger partial charge is 0.477 e. The van der Waals surface area contributed by atoms with E-state index in [-0.39, 0.29) is 5.69 Å². The Bertz CT molecular complexity index is 660. The molecule has 0 amide bonds. The molecular formula is C10H8N6O4. The van der Waals surface area contributed by atoms with Crippen molar-refractivity contribution in [1.29, 1.82) is 10.7 Å². The number of carbonyl (C=O) groups is 1. The maximum Gasteiger partial charge on any atom is 0.342 e. The normalized spacial score (nSPS) is 10.4. The lowest BCUT2D eigenvalue weighted by Gasteiger charge is -2.03. The van der Waals surface area contributed by atoms with Gasteiger partial charge in [0.25, 0.3) is 5.69 Å². The highest BCUT2D eigenvalue weighted by molar-refractivity contribution is 6.45. The highest BCUT2D eigenvalue weighted by Gasteiger charge is 2.19. The number of benzene rings is 1. The average molecular weight is 276 g/mol. The molecule has 5 N–H and O–H groups in total. The number of nitriles is 1. The van der Waals surface area contributed by atoms with Gasteiger partial charge >= 0.3 is 5.97 Å². The van der Waals surface area contributed by atoms with Crippen molar-refractivity contribution in [3.05, 3.63) is 33.9 Å². The van der Waals surface area contributed by atoms with Crippen LogP contribution in [0.5, 0.6) is 0 Å². The Labute approximate surface area is 111 Å². The molecular weight excluding hydrogens is 268 g/mol. The van der Waals surface area contributed by atoms with Crippen LogP contribution in [-0.2, 0) is 0 Å². The number of hydrogen-bond donors (Lipinski definition) is 4. The van der Waals surface area contributed by atoms with Crippen LogP contribution in [0.4, 0.5) is 11.4 Å². The maximum absolute atomic E-state index is 10.9. The SMILES string of the molecule is N#C/C(=N\Nc1ccc([N+](=O)[O-])c(C(=O)O)c1)C(=N)N. The van der Waals surface area contributed by atoms with E-state index >= 15 is 0 Å². The van der Waals surface area contributed by atoms with E-state index in [9.17, 15) is 14.9 Å². The number of aromatic carboxylic acids is 1. The molecule has 20 heavy (non-hydrogen) atoms. The van der Waals surface area contributed by atoms with Crippen LogP contribution in [0.1, 0.15) is 10.4 Å². The Morgan fingerprint density at radius 2 is 2.25 bits per heavy atom. The number of nitrogens with two attached hydrogens (primary N) is 1. The highest BCUT2D eigenvalue weighted by atomic mass is 16.6. The molecule has 0 saturated heterocycles. The minimum Gasteiger partial charge on any atom is -0.477 e. The first kappa shape index (κ1) is 14.6. The van der Waals surface area contributed by atoms with Crippen molar-refractivity contribution < 1.29 is 14.8 Å². The molecule has 0 unspecified atom stereocenters. The predicted molar refractivity (Wildman–Crippen MR) is 68.6 cm³/mol. The number of nitro benzene ring substituents is 1. The summed E-state index contributed by atoms with van der Waals surface area (Å²) in [4.78, 5) is 20.7. The molecule has 1 aromatic rings. The number of carboxylic acid groups (broad SMARTS) is 1. The predicted octanol–water partition coefficient (Wildman–Crippen LogP) is 0.520. The summed E-state index contributed by atoms with van der Waals surface area (Å²) in [7, 11) is 0. The Hall–Kier alpha value is -3.48. The van der Waals surface area contributed by atoms with Crippen molar-refractivity contribution in [1.82, 2.24) is 0 Å². The molecule has 0 heterocycles. The lowest BCUT2D eigenvalue weighted by atomic mass is 10.1. The van der Waals surface area contributed by atoms with Gasteiger partial charge in [-0.15, -0.1) is 0 Å². The molecule has 0 aromatic heterocycles.